The van der Waals surface area contributed by atoms with Gasteiger partial charge in [-0.2, -0.15) is 4.31 Å². The van der Waals surface area contributed by atoms with Crippen molar-refractivity contribution < 1.29 is 17.6 Å². The number of hydrogen-bond acceptors (Lipinski definition) is 4. The first-order valence-electron chi connectivity index (χ1n) is 9.67. The largest absolute Gasteiger partial charge is 0.340 e. The summed E-state index contributed by atoms with van der Waals surface area (Å²) in [5.41, 5.74) is 0.749. The van der Waals surface area contributed by atoms with Crippen molar-refractivity contribution in [1.82, 2.24) is 9.62 Å². The molecule has 1 heterocycles. The van der Waals surface area contributed by atoms with Crippen molar-refractivity contribution >= 4 is 38.9 Å². The predicted molar refractivity (Wildman–Crippen MR) is 122 cm³/mol. The molecule has 9 heteroatoms. The Hall–Kier alpha value is -2.26. The van der Waals surface area contributed by atoms with Crippen LogP contribution in [0.4, 0.5) is 4.39 Å². The molecule has 5 nitrogen and oxygen atoms in total. The van der Waals surface area contributed by atoms with Gasteiger partial charge < -0.3 is 5.32 Å². The second-order valence-corrected chi connectivity index (χ2v) is 10.0. The van der Waals surface area contributed by atoms with Gasteiger partial charge in [-0.05, 0) is 47.3 Å². The average Bonchev–Trinajstić information content (AvgIpc) is 3.28. The molecule has 1 atom stereocenters. The van der Waals surface area contributed by atoms with Crippen LogP contribution in [-0.4, -0.2) is 31.7 Å². The third-order valence-corrected chi connectivity index (χ3v) is 8.14. The van der Waals surface area contributed by atoms with Crippen LogP contribution in [-0.2, 0) is 10.0 Å². The van der Waals surface area contributed by atoms with E-state index in [2.05, 4.69) is 5.32 Å². The molecule has 0 saturated carbocycles. The van der Waals surface area contributed by atoms with Gasteiger partial charge in [-0.25, -0.2) is 12.8 Å². The molecule has 0 bridgehead atoms. The molecule has 0 saturated heterocycles. The molecule has 1 N–H and O–H groups in total. The number of carbonyl (C=O) groups excluding carboxylic acids is 1. The van der Waals surface area contributed by atoms with E-state index in [9.17, 15) is 17.6 Å². The van der Waals surface area contributed by atoms with Gasteiger partial charge in [0, 0.05) is 18.0 Å². The molecule has 1 unspecified atom stereocenters. The fraction of sp³-hybridized carbons (Fsp3) is 0.227. The Morgan fingerprint density at radius 3 is 2.39 bits per heavy atom. The van der Waals surface area contributed by atoms with Crippen LogP contribution in [0.2, 0.25) is 5.02 Å². The third-order valence-electron chi connectivity index (χ3n) is 4.83. The average molecular weight is 481 g/mol. The lowest BCUT2D eigenvalue weighted by molar-refractivity contribution is 0.0943. The highest BCUT2D eigenvalue weighted by Gasteiger charge is 2.25. The number of hydrogen-bond donors (Lipinski definition) is 1. The number of sulfonamides is 1. The molecule has 1 aromatic heterocycles. The normalized spacial score (nSPS) is 12.7. The Balaban J connectivity index is 1.97. The van der Waals surface area contributed by atoms with Crippen LogP contribution in [0, 0.1) is 5.82 Å². The van der Waals surface area contributed by atoms with Crippen molar-refractivity contribution in [1.29, 1.82) is 0 Å². The lowest BCUT2D eigenvalue weighted by Gasteiger charge is -2.20. The number of nitrogens with zero attached hydrogens (tertiary/aromatic N) is 1. The van der Waals surface area contributed by atoms with Gasteiger partial charge in [-0.15, -0.1) is 11.3 Å². The maximum absolute atomic E-state index is 13.4. The molecule has 164 valence electrons. The van der Waals surface area contributed by atoms with E-state index in [4.69, 9.17) is 11.6 Å². The maximum atomic E-state index is 13.4. The first-order chi connectivity index (χ1) is 14.8. The Morgan fingerprint density at radius 2 is 1.81 bits per heavy atom. The van der Waals surface area contributed by atoms with Gasteiger partial charge >= 0.3 is 0 Å². The minimum Gasteiger partial charge on any atom is -0.340 e. The van der Waals surface area contributed by atoms with Crippen LogP contribution in [0.1, 0.15) is 40.7 Å². The highest BCUT2D eigenvalue weighted by atomic mass is 35.5. The molecule has 0 radical (unpaired) electrons. The van der Waals surface area contributed by atoms with Crippen molar-refractivity contribution in [3.05, 3.63) is 86.8 Å². The number of halogens is 2. The Bertz CT molecular complexity index is 1150. The molecule has 2 aromatic carbocycles. The SMILES string of the molecule is CCN(CC)S(=O)(=O)c1ccc(Cl)c(C(=O)NC(c2ccc(F)cc2)c2cccs2)c1. The van der Waals surface area contributed by atoms with Crippen LogP contribution in [0.5, 0.6) is 0 Å². The van der Waals surface area contributed by atoms with Gasteiger partial charge in [0.2, 0.25) is 10.0 Å². The van der Waals surface area contributed by atoms with Crippen molar-refractivity contribution in [2.24, 2.45) is 0 Å². The van der Waals surface area contributed by atoms with Crippen molar-refractivity contribution in [2.75, 3.05) is 13.1 Å². The zero-order valence-corrected chi connectivity index (χ0v) is 19.4. The molecule has 0 aliphatic heterocycles. The number of nitrogens with one attached hydrogen (secondary N) is 1. The van der Waals surface area contributed by atoms with E-state index in [1.54, 1.807) is 26.0 Å². The molecular formula is C22H22ClFN2O3S2. The lowest BCUT2D eigenvalue weighted by atomic mass is 10.0. The zero-order chi connectivity index (χ0) is 22.6. The summed E-state index contributed by atoms with van der Waals surface area (Å²) in [5, 5.41) is 4.92. The predicted octanol–water partition coefficient (Wildman–Crippen LogP) is 5.09. The summed E-state index contributed by atoms with van der Waals surface area (Å²) >= 11 is 7.69. The second-order valence-electron chi connectivity index (χ2n) is 6.70. The second kappa shape index (κ2) is 9.91. The topological polar surface area (TPSA) is 66.5 Å². The minimum atomic E-state index is -3.75. The quantitative estimate of drug-likeness (QED) is 0.488. The van der Waals surface area contributed by atoms with Gasteiger partial charge in [0.1, 0.15) is 5.82 Å². The number of rotatable bonds is 8. The van der Waals surface area contributed by atoms with E-state index in [0.29, 0.717) is 18.7 Å². The van der Waals surface area contributed by atoms with E-state index >= 15 is 0 Å². The molecule has 3 rings (SSSR count). The Morgan fingerprint density at radius 1 is 1.13 bits per heavy atom. The summed E-state index contributed by atoms with van der Waals surface area (Å²) in [6, 6.07) is 13.1. The summed E-state index contributed by atoms with van der Waals surface area (Å²) in [6.07, 6.45) is 0. The molecule has 3 aromatic rings. The van der Waals surface area contributed by atoms with Crippen molar-refractivity contribution in [3.63, 3.8) is 0 Å². The lowest BCUT2D eigenvalue weighted by Crippen LogP contribution is -2.31. The minimum absolute atomic E-state index is 0.000191. The molecule has 0 aliphatic rings. The highest BCUT2D eigenvalue weighted by Crippen LogP contribution is 2.28. The smallest absolute Gasteiger partial charge is 0.253 e. The van der Waals surface area contributed by atoms with Crippen LogP contribution in [0.3, 0.4) is 0 Å². The fourth-order valence-corrected chi connectivity index (χ4v) is 5.68. The number of thiophene rings is 1. The van der Waals surface area contributed by atoms with E-state index in [1.165, 1.54) is 46.0 Å². The first kappa shape index (κ1) is 23.4. The summed E-state index contributed by atoms with van der Waals surface area (Å²) < 4.78 is 40.4. The molecule has 0 aliphatic carbocycles. The molecule has 31 heavy (non-hydrogen) atoms. The monoisotopic (exact) mass is 480 g/mol. The Kier molecular flexibility index (Phi) is 7.48. The maximum Gasteiger partial charge on any atom is 0.253 e. The molecule has 0 spiro atoms. The fourth-order valence-electron chi connectivity index (χ4n) is 3.19. The number of benzene rings is 2. The van der Waals surface area contributed by atoms with Gasteiger partial charge in [0.15, 0.2) is 0 Å². The van der Waals surface area contributed by atoms with Crippen molar-refractivity contribution in [3.8, 4) is 0 Å². The first-order valence-corrected chi connectivity index (χ1v) is 12.4. The van der Waals surface area contributed by atoms with Crippen LogP contribution in [0.15, 0.2) is 64.9 Å². The number of carbonyl (C=O) groups is 1. The summed E-state index contributed by atoms with van der Waals surface area (Å²) in [4.78, 5) is 14.0. The van der Waals surface area contributed by atoms with Crippen LogP contribution >= 0.6 is 22.9 Å². The number of amides is 1. The Labute approximate surface area is 190 Å². The molecule has 1 amide bonds. The van der Waals surface area contributed by atoms with Crippen LogP contribution < -0.4 is 5.32 Å². The van der Waals surface area contributed by atoms with Gasteiger partial charge in [0.25, 0.3) is 5.91 Å². The zero-order valence-electron chi connectivity index (χ0n) is 17.0. The van der Waals surface area contributed by atoms with E-state index in [0.717, 1.165) is 4.88 Å². The standard InChI is InChI=1S/C22H22ClFN2O3S2/c1-3-26(4-2)31(28,29)17-11-12-19(23)18(14-17)22(27)25-21(20-6-5-13-30-20)15-7-9-16(24)10-8-15/h5-14,21H,3-4H2,1-2H3,(H,25,27). The van der Waals surface area contributed by atoms with Gasteiger partial charge in [0.05, 0.1) is 21.5 Å². The van der Waals surface area contributed by atoms with Gasteiger partial charge in [-0.3, -0.25) is 4.79 Å². The molecule has 0 fully saturated rings. The summed E-state index contributed by atoms with van der Waals surface area (Å²) in [5.74, 6) is -0.901. The summed E-state index contributed by atoms with van der Waals surface area (Å²) in [7, 11) is -3.75. The van der Waals surface area contributed by atoms with Crippen molar-refractivity contribution in [2.45, 2.75) is 24.8 Å². The van der Waals surface area contributed by atoms with Crippen LogP contribution in [0.25, 0.3) is 0 Å². The highest BCUT2D eigenvalue weighted by molar-refractivity contribution is 7.89. The third kappa shape index (κ3) is 5.15. The van der Waals surface area contributed by atoms with E-state index in [-0.39, 0.29) is 21.3 Å². The summed E-state index contributed by atoms with van der Waals surface area (Å²) in [6.45, 7) is 4.12. The van der Waals surface area contributed by atoms with E-state index < -0.39 is 22.0 Å². The molecular weight excluding hydrogens is 459 g/mol. The van der Waals surface area contributed by atoms with Gasteiger partial charge in [-0.1, -0.05) is 43.6 Å². The van der Waals surface area contributed by atoms with E-state index in [1.807, 2.05) is 17.5 Å².